The molecule has 4 fully saturated rings. The number of nitrogens with one attached hydrogen (secondary N) is 2. The van der Waals surface area contributed by atoms with Gasteiger partial charge in [0.25, 0.3) is 5.91 Å². The summed E-state index contributed by atoms with van der Waals surface area (Å²) < 4.78 is 75.8. The summed E-state index contributed by atoms with van der Waals surface area (Å²) in [7, 11) is 0. The van der Waals surface area contributed by atoms with Crippen LogP contribution in [-0.4, -0.2) is 48.0 Å². The zero-order chi connectivity index (χ0) is 34.6. The smallest absolute Gasteiger partial charge is 0.419 e. The third-order valence-corrected chi connectivity index (χ3v) is 10.6. The van der Waals surface area contributed by atoms with Crippen LogP contribution in [0.25, 0.3) is 0 Å². The number of amides is 2. The highest BCUT2D eigenvalue weighted by Crippen LogP contribution is 2.54. The molecule has 2 bridgehead atoms. The molecule has 5 aliphatic rings. The van der Waals surface area contributed by atoms with Gasteiger partial charge in [-0.3, -0.25) is 9.59 Å². The maximum Gasteiger partial charge on any atom is 0.419 e. The molecule has 3 N–H and O–H groups in total. The van der Waals surface area contributed by atoms with Crippen molar-refractivity contribution < 1.29 is 46.2 Å². The SMILES string of the molecule is CCCOc1c(F)cc(C2=NOC3CC(CO)CC23)cc1C(=O)NC1C2CCC(/C2=C/C2CC2)[C@@H]1C(=O)Nc1ccc(F)c(C(F)(F)F)c1. The van der Waals surface area contributed by atoms with Crippen LogP contribution in [0.3, 0.4) is 0 Å². The summed E-state index contributed by atoms with van der Waals surface area (Å²) in [6, 6.07) is 4.34. The molecule has 49 heavy (non-hydrogen) atoms. The number of rotatable bonds is 10. The van der Waals surface area contributed by atoms with Crippen LogP contribution < -0.4 is 15.4 Å². The first-order chi connectivity index (χ1) is 23.5. The maximum absolute atomic E-state index is 15.8. The maximum atomic E-state index is 15.8. The molecule has 0 saturated heterocycles. The van der Waals surface area contributed by atoms with Crippen molar-refractivity contribution in [1.29, 1.82) is 0 Å². The molecule has 7 rings (SSSR count). The zero-order valence-corrected chi connectivity index (χ0v) is 26.9. The summed E-state index contributed by atoms with van der Waals surface area (Å²) in [6.07, 6.45) is 2.14. The van der Waals surface area contributed by atoms with Crippen LogP contribution in [0.15, 0.2) is 47.1 Å². The molecule has 1 heterocycles. The van der Waals surface area contributed by atoms with E-state index in [1.807, 2.05) is 6.92 Å². The first kappa shape index (κ1) is 33.5. The number of benzene rings is 2. The minimum Gasteiger partial charge on any atom is -0.490 e. The molecule has 262 valence electrons. The Bertz CT molecular complexity index is 1710. The second-order valence-corrected chi connectivity index (χ2v) is 13.9. The number of hydrogen-bond donors (Lipinski definition) is 3. The number of carbonyl (C=O) groups excluding carboxylic acids is 2. The number of aliphatic hydroxyl groups is 1. The lowest BCUT2D eigenvalue weighted by molar-refractivity contribution is -0.140. The summed E-state index contributed by atoms with van der Waals surface area (Å²) >= 11 is 0. The van der Waals surface area contributed by atoms with Gasteiger partial charge in [0.1, 0.15) is 11.9 Å². The van der Waals surface area contributed by atoms with Crippen LogP contribution in [0.1, 0.15) is 73.4 Å². The van der Waals surface area contributed by atoms with E-state index in [-0.39, 0.29) is 60.0 Å². The number of carbonyl (C=O) groups is 2. The van der Waals surface area contributed by atoms with E-state index < -0.39 is 47.1 Å². The number of oxime groups is 1. The lowest BCUT2D eigenvalue weighted by atomic mass is 9.83. The summed E-state index contributed by atoms with van der Waals surface area (Å²) in [4.78, 5) is 33.7. The fourth-order valence-corrected chi connectivity index (χ4v) is 8.21. The van der Waals surface area contributed by atoms with E-state index in [1.165, 1.54) is 12.1 Å². The third kappa shape index (κ3) is 6.41. The molecule has 1 aliphatic heterocycles. The van der Waals surface area contributed by atoms with Crippen molar-refractivity contribution in [3.63, 3.8) is 0 Å². The Kier molecular flexibility index (Phi) is 8.91. The van der Waals surface area contributed by atoms with E-state index in [4.69, 9.17) is 9.57 Å². The molecule has 0 radical (unpaired) electrons. The summed E-state index contributed by atoms with van der Waals surface area (Å²) in [5.74, 6) is -4.75. The Morgan fingerprint density at radius 1 is 1.04 bits per heavy atom. The monoisotopic (exact) mass is 687 g/mol. The molecule has 2 aromatic carbocycles. The van der Waals surface area contributed by atoms with Crippen LogP contribution in [0.2, 0.25) is 0 Å². The van der Waals surface area contributed by atoms with Crippen molar-refractivity contribution in [2.24, 2.45) is 40.7 Å². The number of alkyl halides is 3. The van der Waals surface area contributed by atoms with E-state index in [9.17, 15) is 32.3 Å². The third-order valence-electron chi connectivity index (χ3n) is 10.6. The lowest BCUT2D eigenvalue weighted by Gasteiger charge is -2.30. The Labute approximate surface area is 280 Å². The van der Waals surface area contributed by atoms with Gasteiger partial charge in [0.15, 0.2) is 11.6 Å². The molecule has 4 saturated carbocycles. The number of aliphatic hydroxyl groups excluding tert-OH is 1. The molecule has 6 unspecified atom stereocenters. The Morgan fingerprint density at radius 2 is 1.82 bits per heavy atom. The number of allylic oxidation sites excluding steroid dienone is 1. The molecule has 13 heteroatoms. The van der Waals surface area contributed by atoms with Gasteiger partial charge in [0, 0.05) is 35.7 Å². The largest absolute Gasteiger partial charge is 0.490 e. The zero-order valence-electron chi connectivity index (χ0n) is 26.9. The highest BCUT2D eigenvalue weighted by Gasteiger charge is 2.55. The van der Waals surface area contributed by atoms with Gasteiger partial charge in [-0.05, 0) is 93.0 Å². The molecule has 0 aromatic heterocycles. The minimum atomic E-state index is -4.95. The average molecular weight is 688 g/mol. The van der Waals surface area contributed by atoms with Gasteiger partial charge in [-0.15, -0.1) is 0 Å². The fourth-order valence-electron chi connectivity index (χ4n) is 8.21. The highest BCUT2D eigenvalue weighted by atomic mass is 19.4. The van der Waals surface area contributed by atoms with Gasteiger partial charge >= 0.3 is 6.18 Å². The van der Waals surface area contributed by atoms with Crippen LogP contribution in [0, 0.1) is 47.1 Å². The topological polar surface area (TPSA) is 109 Å². The number of halogens is 5. The van der Waals surface area contributed by atoms with Crippen molar-refractivity contribution in [2.45, 2.75) is 70.2 Å². The second-order valence-electron chi connectivity index (χ2n) is 13.9. The molecule has 7 atom stereocenters. The van der Waals surface area contributed by atoms with Gasteiger partial charge in [0.2, 0.25) is 5.91 Å². The molecular formula is C36H38F5N3O5. The molecule has 0 spiro atoms. The van der Waals surface area contributed by atoms with Crippen LogP contribution in [-0.2, 0) is 15.8 Å². The summed E-state index contributed by atoms with van der Waals surface area (Å²) in [6.45, 7) is 1.99. The fraction of sp³-hybridized carbons (Fsp3) is 0.528. The van der Waals surface area contributed by atoms with E-state index in [1.54, 1.807) is 0 Å². The van der Waals surface area contributed by atoms with Gasteiger partial charge in [-0.1, -0.05) is 23.7 Å². The second kappa shape index (κ2) is 13.0. The highest BCUT2D eigenvalue weighted by molar-refractivity contribution is 6.06. The van der Waals surface area contributed by atoms with E-state index in [0.717, 1.165) is 24.5 Å². The number of anilines is 1. The van der Waals surface area contributed by atoms with Gasteiger partial charge in [-0.25, -0.2) is 8.78 Å². The predicted molar refractivity (Wildman–Crippen MR) is 169 cm³/mol. The van der Waals surface area contributed by atoms with Crippen molar-refractivity contribution >= 4 is 23.2 Å². The van der Waals surface area contributed by atoms with E-state index in [0.29, 0.717) is 61.4 Å². The van der Waals surface area contributed by atoms with Crippen molar-refractivity contribution in [3.8, 4) is 5.75 Å². The molecular weight excluding hydrogens is 649 g/mol. The van der Waals surface area contributed by atoms with Crippen LogP contribution in [0.4, 0.5) is 27.6 Å². The van der Waals surface area contributed by atoms with Crippen molar-refractivity contribution in [2.75, 3.05) is 18.5 Å². The van der Waals surface area contributed by atoms with Crippen molar-refractivity contribution in [1.82, 2.24) is 5.32 Å². The lowest BCUT2D eigenvalue weighted by Crippen LogP contribution is -2.48. The standard InChI is InChI=1S/C36H38F5N3O5/c1-2-9-48-33-25(13-19(14-28(33)38)31-24-11-18(16-45)12-29(24)49-44-31)34(46)43-32-22-7-6-21(23(22)10-17-3-4-17)30(32)35(47)42-20-5-8-27(37)26(15-20)36(39,40)41/h5,8,10,13-15,17-18,21-22,24,29-30,32,45H,2-4,6-7,9,11-12,16H2,1H3,(H,42,47)(H,43,46)/b23-10-/t18?,21?,22?,24?,29?,30-,32?/m0/s1. The first-order valence-electron chi connectivity index (χ1n) is 17.0. The number of nitrogens with zero attached hydrogens (tertiary/aromatic N) is 1. The van der Waals surface area contributed by atoms with E-state index in [2.05, 4.69) is 21.9 Å². The van der Waals surface area contributed by atoms with Crippen LogP contribution >= 0.6 is 0 Å². The first-order valence-corrected chi connectivity index (χ1v) is 17.0. The molecule has 8 nitrogen and oxygen atoms in total. The van der Waals surface area contributed by atoms with Crippen LogP contribution in [0.5, 0.6) is 5.75 Å². The van der Waals surface area contributed by atoms with E-state index >= 15 is 4.39 Å². The Morgan fingerprint density at radius 3 is 2.53 bits per heavy atom. The molecule has 2 amide bonds. The summed E-state index contributed by atoms with van der Waals surface area (Å²) in [5.41, 5.74) is 0.110. The molecule has 2 aromatic rings. The van der Waals surface area contributed by atoms with Gasteiger partial charge < -0.3 is 25.3 Å². The Hall–Kier alpha value is -4.00. The summed E-state index contributed by atoms with van der Waals surface area (Å²) in [5, 5.41) is 19.5. The van der Waals surface area contributed by atoms with Gasteiger partial charge in [0.05, 0.1) is 29.4 Å². The van der Waals surface area contributed by atoms with Crippen molar-refractivity contribution in [3.05, 3.63) is 70.3 Å². The quantitative estimate of drug-likeness (QED) is 0.192. The predicted octanol–water partition coefficient (Wildman–Crippen LogP) is 6.62. The number of hydrogen-bond acceptors (Lipinski definition) is 6. The number of fused-ring (bicyclic) bond motifs is 3. The molecule has 4 aliphatic carbocycles. The average Bonchev–Trinajstić information content (AvgIpc) is 3.33. The number of ether oxygens (including phenoxy) is 1. The van der Waals surface area contributed by atoms with Gasteiger partial charge in [-0.2, -0.15) is 13.2 Å². The normalized spacial score (nSPS) is 29.5. The Balaban J connectivity index is 1.20. The minimum absolute atomic E-state index is 0.00439.